The van der Waals surface area contributed by atoms with Gasteiger partial charge in [-0.2, -0.15) is 5.10 Å². The van der Waals surface area contributed by atoms with Gasteiger partial charge in [0.2, 0.25) is 0 Å². The maximum absolute atomic E-state index is 12.7. The summed E-state index contributed by atoms with van der Waals surface area (Å²) in [6.45, 7) is 3.33. The van der Waals surface area contributed by atoms with Gasteiger partial charge in [0.25, 0.3) is 5.91 Å². The molecular weight excluding hydrogens is 387 g/mol. The first kappa shape index (κ1) is 18.2. The third-order valence-electron chi connectivity index (χ3n) is 4.71. The highest BCUT2D eigenvalue weighted by Crippen LogP contribution is 2.34. The zero-order valence-corrected chi connectivity index (χ0v) is 16.2. The van der Waals surface area contributed by atoms with Gasteiger partial charge in [-0.3, -0.25) is 4.79 Å². The molecule has 0 unspecified atom stereocenters. The van der Waals surface area contributed by atoms with Gasteiger partial charge in [-0.05, 0) is 31.9 Å². The first-order chi connectivity index (χ1) is 13.0. The standard InChI is InChI=1S/C19H18Cl2N4O2/c1-11-2-4-12(5-3-11)23-19(26)14-10-22-18-15(16(14)20)17(21)24-25(18)13-6-8-27-9-7-13/h2-5,10,13H,6-9H2,1H3,(H,23,26). The van der Waals surface area contributed by atoms with Crippen LogP contribution in [0.4, 0.5) is 5.69 Å². The van der Waals surface area contributed by atoms with Gasteiger partial charge in [0.15, 0.2) is 10.8 Å². The second-order valence-corrected chi connectivity index (χ2v) is 7.32. The second-order valence-electron chi connectivity index (χ2n) is 6.58. The van der Waals surface area contributed by atoms with Crippen molar-refractivity contribution < 1.29 is 9.53 Å². The molecule has 1 aromatic carbocycles. The number of hydrogen-bond donors (Lipinski definition) is 1. The Morgan fingerprint density at radius 3 is 2.63 bits per heavy atom. The molecule has 1 saturated heterocycles. The van der Waals surface area contributed by atoms with E-state index in [9.17, 15) is 4.79 Å². The first-order valence-corrected chi connectivity index (χ1v) is 9.48. The van der Waals surface area contributed by atoms with Crippen molar-refractivity contribution in [3.05, 3.63) is 51.8 Å². The Morgan fingerprint density at radius 1 is 1.22 bits per heavy atom. The lowest BCUT2D eigenvalue weighted by molar-refractivity contribution is 0.0673. The van der Waals surface area contributed by atoms with Crippen LogP contribution in [0.3, 0.4) is 0 Å². The summed E-state index contributed by atoms with van der Waals surface area (Å²) in [6, 6.07) is 7.68. The number of amides is 1. The smallest absolute Gasteiger partial charge is 0.258 e. The number of anilines is 1. The Hall–Kier alpha value is -2.15. The summed E-state index contributed by atoms with van der Waals surface area (Å²) in [7, 11) is 0. The Labute approximate surface area is 166 Å². The van der Waals surface area contributed by atoms with Crippen LogP contribution in [-0.2, 0) is 4.74 Å². The average molecular weight is 405 g/mol. The molecule has 0 atom stereocenters. The van der Waals surface area contributed by atoms with Crippen molar-refractivity contribution in [2.75, 3.05) is 18.5 Å². The monoisotopic (exact) mass is 404 g/mol. The summed E-state index contributed by atoms with van der Waals surface area (Å²) in [5, 5.41) is 8.25. The maximum atomic E-state index is 12.7. The summed E-state index contributed by atoms with van der Waals surface area (Å²) in [5.41, 5.74) is 2.65. The fraction of sp³-hybridized carbons (Fsp3) is 0.316. The number of carbonyl (C=O) groups excluding carboxylic acids is 1. The van der Waals surface area contributed by atoms with Crippen molar-refractivity contribution in [3.63, 3.8) is 0 Å². The summed E-state index contributed by atoms with van der Waals surface area (Å²) >= 11 is 12.9. The third-order valence-corrected chi connectivity index (χ3v) is 5.36. The lowest BCUT2D eigenvalue weighted by Gasteiger charge is -2.22. The van der Waals surface area contributed by atoms with Crippen LogP contribution < -0.4 is 5.32 Å². The molecule has 0 radical (unpaired) electrons. The van der Waals surface area contributed by atoms with E-state index in [-0.39, 0.29) is 27.7 Å². The van der Waals surface area contributed by atoms with Crippen LogP contribution in [-0.4, -0.2) is 33.9 Å². The third kappa shape index (κ3) is 3.52. The van der Waals surface area contributed by atoms with E-state index in [4.69, 9.17) is 27.9 Å². The number of halogens is 2. The number of ether oxygens (including phenoxy) is 1. The SMILES string of the molecule is Cc1ccc(NC(=O)c2cnc3c(c(Cl)nn3C3CCOCC3)c2Cl)cc1. The molecule has 3 heterocycles. The van der Waals surface area contributed by atoms with Crippen LogP contribution in [0, 0.1) is 6.92 Å². The van der Waals surface area contributed by atoms with Gasteiger partial charge in [0, 0.05) is 25.1 Å². The van der Waals surface area contributed by atoms with Gasteiger partial charge in [-0.15, -0.1) is 0 Å². The molecule has 1 amide bonds. The number of pyridine rings is 1. The Bertz CT molecular complexity index is 995. The maximum Gasteiger partial charge on any atom is 0.258 e. The fourth-order valence-corrected chi connectivity index (χ4v) is 3.82. The highest BCUT2D eigenvalue weighted by Gasteiger charge is 2.25. The molecule has 27 heavy (non-hydrogen) atoms. The first-order valence-electron chi connectivity index (χ1n) is 8.72. The van der Waals surface area contributed by atoms with Gasteiger partial charge in [-0.25, -0.2) is 9.67 Å². The molecule has 0 bridgehead atoms. The highest BCUT2D eigenvalue weighted by atomic mass is 35.5. The number of rotatable bonds is 3. The minimum atomic E-state index is -0.340. The van der Waals surface area contributed by atoms with Crippen molar-refractivity contribution in [1.29, 1.82) is 0 Å². The molecule has 1 fully saturated rings. The Kier molecular flexibility index (Phi) is 5.04. The molecule has 0 spiro atoms. The summed E-state index contributed by atoms with van der Waals surface area (Å²) in [5.74, 6) is -0.340. The minimum Gasteiger partial charge on any atom is -0.381 e. The topological polar surface area (TPSA) is 69.0 Å². The predicted octanol–water partition coefficient (Wildman–Crippen LogP) is 4.65. The summed E-state index contributed by atoms with van der Waals surface area (Å²) < 4.78 is 7.20. The number of nitrogens with zero attached hydrogens (tertiary/aromatic N) is 3. The number of carbonyl (C=O) groups is 1. The zero-order chi connectivity index (χ0) is 19.0. The number of aromatic nitrogens is 3. The quantitative estimate of drug-likeness (QED) is 0.689. The highest BCUT2D eigenvalue weighted by molar-refractivity contribution is 6.43. The van der Waals surface area contributed by atoms with Crippen LogP contribution in [0.25, 0.3) is 11.0 Å². The predicted molar refractivity (Wildman–Crippen MR) is 106 cm³/mol. The number of nitrogens with one attached hydrogen (secondary N) is 1. The van der Waals surface area contributed by atoms with E-state index >= 15 is 0 Å². The second kappa shape index (κ2) is 7.46. The van der Waals surface area contributed by atoms with E-state index in [1.54, 1.807) is 4.68 Å². The lowest BCUT2D eigenvalue weighted by Crippen LogP contribution is -2.20. The molecule has 4 rings (SSSR count). The van der Waals surface area contributed by atoms with Crippen molar-refractivity contribution in [1.82, 2.24) is 14.8 Å². The number of hydrogen-bond acceptors (Lipinski definition) is 4. The average Bonchev–Trinajstić information content (AvgIpc) is 3.02. The molecule has 2 aromatic heterocycles. The largest absolute Gasteiger partial charge is 0.381 e. The molecule has 1 aliphatic heterocycles. The van der Waals surface area contributed by atoms with E-state index in [2.05, 4.69) is 15.4 Å². The van der Waals surface area contributed by atoms with Crippen molar-refractivity contribution in [2.24, 2.45) is 0 Å². The van der Waals surface area contributed by atoms with Crippen molar-refractivity contribution >= 4 is 45.8 Å². The Balaban J connectivity index is 1.68. The minimum absolute atomic E-state index is 0.157. The number of aryl methyl sites for hydroxylation is 1. The van der Waals surface area contributed by atoms with E-state index in [0.717, 1.165) is 18.4 Å². The lowest BCUT2D eigenvalue weighted by atomic mass is 10.1. The van der Waals surface area contributed by atoms with Crippen LogP contribution >= 0.6 is 23.2 Å². The van der Waals surface area contributed by atoms with E-state index in [1.165, 1.54) is 6.20 Å². The van der Waals surface area contributed by atoms with Gasteiger partial charge in [0.05, 0.1) is 22.0 Å². The van der Waals surface area contributed by atoms with Gasteiger partial charge in [-0.1, -0.05) is 40.9 Å². The van der Waals surface area contributed by atoms with E-state index < -0.39 is 0 Å². The van der Waals surface area contributed by atoms with Gasteiger partial charge in [0.1, 0.15) is 0 Å². The zero-order valence-electron chi connectivity index (χ0n) is 14.7. The Morgan fingerprint density at radius 2 is 1.93 bits per heavy atom. The molecule has 140 valence electrons. The normalized spacial score (nSPS) is 15.2. The van der Waals surface area contributed by atoms with Crippen molar-refractivity contribution in [2.45, 2.75) is 25.8 Å². The van der Waals surface area contributed by atoms with Crippen LogP contribution in [0.1, 0.15) is 34.8 Å². The van der Waals surface area contributed by atoms with E-state index in [0.29, 0.717) is 29.9 Å². The van der Waals surface area contributed by atoms with Crippen LogP contribution in [0.5, 0.6) is 0 Å². The molecule has 8 heteroatoms. The molecule has 0 aliphatic carbocycles. The van der Waals surface area contributed by atoms with Crippen molar-refractivity contribution in [3.8, 4) is 0 Å². The molecular formula is C19H18Cl2N4O2. The van der Waals surface area contributed by atoms with Crippen LogP contribution in [0.15, 0.2) is 30.5 Å². The van der Waals surface area contributed by atoms with Gasteiger partial charge < -0.3 is 10.1 Å². The molecule has 3 aromatic rings. The molecule has 1 aliphatic rings. The number of fused-ring (bicyclic) bond motifs is 1. The molecule has 1 N–H and O–H groups in total. The summed E-state index contributed by atoms with van der Waals surface area (Å²) in [4.78, 5) is 17.1. The molecule has 0 saturated carbocycles. The van der Waals surface area contributed by atoms with Gasteiger partial charge >= 0.3 is 0 Å². The van der Waals surface area contributed by atoms with E-state index in [1.807, 2.05) is 31.2 Å². The summed E-state index contributed by atoms with van der Waals surface area (Å²) in [6.07, 6.45) is 3.15. The fourth-order valence-electron chi connectivity index (χ4n) is 3.21. The van der Waals surface area contributed by atoms with Crippen LogP contribution in [0.2, 0.25) is 10.2 Å². The molecule has 6 nitrogen and oxygen atoms in total. The number of benzene rings is 1.